The quantitative estimate of drug-likeness (QED) is 0.821. The first-order chi connectivity index (χ1) is 7.10. The molecule has 1 aliphatic rings. The summed E-state index contributed by atoms with van der Waals surface area (Å²) in [4.78, 5) is 0.0798. The van der Waals surface area contributed by atoms with Gasteiger partial charge in [-0.15, -0.1) is 0 Å². The van der Waals surface area contributed by atoms with Crippen molar-refractivity contribution in [2.75, 3.05) is 13.1 Å². The summed E-state index contributed by atoms with van der Waals surface area (Å²) in [7, 11) is -3.36. The molecule has 1 aliphatic heterocycles. The summed E-state index contributed by atoms with van der Waals surface area (Å²) >= 11 is 0. The molecule has 0 aromatic heterocycles. The second-order valence-electron chi connectivity index (χ2n) is 3.62. The van der Waals surface area contributed by atoms with Crippen molar-refractivity contribution in [3.8, 4) is 0 Å². The van der Waals surface area contributed by atoms with Gasteiger partial charge >= 0.3 is 0 Å². The fourth-order valence-electron chi connectivity index (χ4n) is 1.73. The SMILES string of the molecule is O=S(=O)(c1cccc(F)c1)[C@@H]1CCNC1. The minimum Gasteiger partial charge on any atom is -0.315 e. The summed E-state index contributed by atoms with van der Waals surface area (Å²) in [6.07, 6.45) is 0.596. The second-order valence-corrected chi connectivity index (χ2v) is 5.85. The molecule has 0 radical (unpaired) electrons. The van der Waals surface area contributed by atoms with Gasteiger partial charge < -0.3 is 5.32 Å². The topological polar surface area (TPSA) is 46.2 Å². The van der Waals surface area contributed by atoms with Crippen molar-refractivity contribution in [1.82, 2.24) is 5.32 Å². The third-order valence-corrected chi connectivity index (χ3v) is 4.77. The van der Waals surface area contributed by atoms with Gasteiger partial charge in [-0.05, 0) is 31.2 Å². The molecular weight excluding hydrogens is 217 g/mol. The third kappa shape index (κ3) is 2.03. The molecule has 0 amide bonds. The van der Waals surface area contributed by atoms with Gasteiger partial charge in [0.1, 0.15) is 5.82 Å². The minimum absolute atomic E-state index is 0.0798. The zero-order chi connectivity index (χ0) is 10.9. The van der Waals surface area contributed by atoms with Crippen LogP contribution in [0.15, 0.2) is 29.2 Å². The van der Waals surface area contributed by atoms with Crippen LogP contribution in [0.5, 0.6) is 0 Å². The molecule has 1 atom stereocenters. The van der Waals surface area contributed by atoms with E-state index in [4.69, 9.17) is 0 Å². The van der Waals surface area contributed by atoms with Crippen LogP contribution in [-0.4, -0.2) is 26.8 Å². The second kappa shape index (κ2) is 3.90. The summed E-state index contributed by atoms with van der Waals surface area (Å²) in [5, 5.41) is 2.57. The van der Waals surface area contributed by atoms with Crippen LogP contribution in [-0.2, 0) is 9.84 Å². The van der Waals surface area contributed by atoms with Crippen molar-refractivity contribution in [2.24, 2.45) is 0 Å². The first-order valence-corrected chi connectivity index (χ1v) is 6.35. The summed E-state index contributed by atoms with van der Waals surface area (Å²) in [6, 6.07) is 5.18. The van der Waals surface area contributed by atoms with E-state index in [1.165, 1.54) is 18.2 Å². The monoisotopic (exact) mass is 229 g/mol. The van der Waals surface area contributed by atoms with Crippen molar-refractivity contribution in [2.45, 2.75) is 16.6 Å². The van der Waals surface area contributed by atoms with Gasteiger partial charge in [0.25, 0.3) is 0 Å². The fourth-order valence-corrected chi connectivity index (χ4v) is 3.42. The molecule has 1 saturated heterocycles. The molecule has 3 nitrogen and oxygen atoms in total. The molecular formula is C10H12FNO2S. The molecule has 15 heavy (non-hydrogen) atoms. The maximum Gasteiger partial charge on any atom is 0.182 e. The van der Waals surface area contributed by atoms with Crippen molar-refractivity contribution in [3.05, 3.63) is 30.1 Å². The zero-order valence-electron chi connectivity index (χ0n) is 8.11. The van der Waals surface area contributed by atoms with Gasteiger partial charge in [0.15, 0.2) is 9.84 Å². The average Bonchev–Trinajstić information content (AvgIpc) is 2.71. The molecule has 1 fully saturated rings. The van der Waals surface area contributed by atoms with Crippen molar-refractivity contribution < 1.29 is 12.8 Å². The number of halogens is 1. The Morgan fingerprint density at radius 3 is 2.80 bits per heavy atom. The molecule has 5 heteroatoms. The predicted molar refractivity (Wildman–Crippen MR) is 54.9 cm³/mol. The van der Waals surface area contributed by atoms with E-state index in [0.29, 0.717) is 19.5 Å². The van der Waals surface area contributed by atoms with Crippen molar-refractivity contribution in [3.63, 3.8) is 0 Å². The Kier molecular flexibility index (Phi) is 2.75. The minimum atomic E-state index is -3.36. The molecule has 0 bridgehead atoms. The Bertz CT molecular complexity index is 452. The van der Waals surface area contributed by atoms with Crippen molar-refractivity contribution >= 4 is 9.84 Å². The van der Waals surface area contributed by atoms with Gasteiger partial charge in [0, 0.05) is 6.54 Å². The predicted octanol–water partition coefficient (Wildman–Crippen LogP) is 0.961. The lowest BCUT2D eigenvalue weighted by Gasteiger charge is -2.10. The molecule has 1 aromatic carbocycles. The Hall–Kier alpha value is -0.940. The lowest BCUT2D eigenvalue weighted by atomic mass is 10.3. The first-order valence-electron chi connectivity index (χ1n) is 4.81. The lowest BCUT2D eigenvalue weighted by molar-refractivity contribution is 0.579. The molecule has 1 N–H and O–H groups in total. The number of benzene rings is 1. The van der Waals surface area contributed by atoms with Crippen LogP contribution < -0.4 is 5.32 Å². The van der Waals surface area contributed by atoms with Gasteiger partial charge in [-0.3, -0.25) is 0 Å². The van der Waals surface area contributed by atoms with E-state index in [1.54, 1.807) is 0 Å². The van der Waals surface area contributed by atoms with Crippen LogP contribution in [0, 0.1) is 5.82 Å². The van der Waals surface area contributed by atoms with Crippen LogP contribution in [0.4, 0.5) is 4.39 Å². The van der Waals surface area contributed by atoms with Gasteiger partial charge in [-0.1, -0.05) is 6.07 Å². The molecule has 0 spiro atoms. The number of hydrogen-bond acceptors (Lipinski definition) is 3. The maximum absolute atomic E-state index is 12.9. The Morgan fingerprint density at radius 2 is 2.20 bits per heavy atom. The van der Waals surface area contributed by atoms with E-state index in [-0.39, 0.29) is 4.90 Å². The number of sulfone groups is 1. The summed E-state index contributed by atoms with van der Waals surface area (Å²) in [5.74, 6) is -0.512. The maximum atomic E-state index is 12.9. The van der Waals surface area contributed by atoms with Crippen molar-refractivity contribution in [1.29, 1.82) is 0 Å². The summed E-state index contributed by atoms with van der Waals surface area (Å²) in [6.45, 7) is 1.16. The standard InChI is InChI=1S/C10H12FNO2S/c11-8-2-1-3-9(6-8)15(13,14)10-4-5-12-7-10/h1-3,6,10,12H,4-5,7H2/t10-/m1/s1. The van der Waals surface area contributed by atoms with E-state index < -0.39 is 20.9 Å². The molecule has 82 valence electrons. The number of rotatable bonds is 2. The smallest absolute Gasteiger partial charge is 0.182 e. The first kappa shape index (κ1) is 10.6. The Balaban J connectivity index is 2.36. The van der Waals surface area contributed by atoms with E-state index in [1.807, 2.05) is 0 Å². The zero-order valence-corrected chi connectivity index (χ0v) is 8.93. The highest BCUT2D eigenvalue weighted by Gasteiger charge is 2.30. The Labute approximate surface area is 88.2 Å². The molecule has 2 rings (SSSR count). The highest BCUT2D eigenvalue weighted by Crippen LogP contribution is 2.20. The normalized spacial score (nSPS) is 21.8. The van der Waals surface area contributed by atoms with Crippen LogP contribution >= 0.6 is 0 Å². The van der Waals surface area contributed by atoms with Crippen LogP contribution in [0.3, 0.4) is 0 Å². The molecule has 1 heterocycles. The third-order valence-electron chi connectivity index (χ3n) is 2.58. The van der Waals surface area contributed by atoms with E-state index in [9.17, 15) is 12.8 Å². The highest BCUT2D eigenvalue weighted by molar-refractivity contribution is 7.92. The van der Waals surface area contributed by atoms with Gasteiger partial charge in [0.2, 0.25) is 0 Å². The van der Waals surface area contributed by atoms with Gasteiger partial charge in [-0.2, -0.15) is 0 Å². The lowest BCUT2D eigenvalue weighted by Crippen LogP contribution is -2.24. The van der Waals surface area contributed by atoms with Gasteiger partial charge in [0.05, 0.1) is 10.1 Å². The summed E-state index contributed by atoms with van der Waals surface area (Å²) < 4.78 is 36.9. The molecule has 0 unspecified atom stereocenters. The Morgan fingerprint density at radius 1 is 1.40 bits per heavy atom. The van der Waals surface area contributed by atoms with Crippen LogP contribution in [0.1, 0.15) is 6.42 Å². The number of nitrogens with one attached hydrogen (secondary N) is 1. The van der Waals surface area contributed by atoms with E-state index in [2.05, 4.69) is 5.32 Å². The average molecular weight is 229 g/mol. The highest BCUT2D eigenvalue weighted by atomic mass is 32.2. The van der Waals surface area contributed by atoms with E-state index in [0.717, 1.165) is 6.07 Å². The van der Waals surface area contributed by atoms with E-state index >= 15 is 0 Å². The molecule has 1 aromatic rings. The molecule has 0 saturated carbocycles. The van der Waals surface area contributed by atoms with Crippen LogP contribution in [0.2, 0.25) is 0 Å². The largest absolute Gasteiger partial charge is 0.315 e. The van der Waals surface area contributed by atoms with Crippen LogP contribution in [0.25, 0.3) is 0 Å². The fraction of sp³-hybridized carbons (Fsp3) is 0.400. The van der Waals surface area contributed by atoms with Gasteiger partial charge in [-0.25, -0.2) is 12.8 Å². The number of hydrogen-bond donors (Lipinski definition) is 1. The molecule has 0 aliphatic carbocycles. The summed E-state index contributed by atoms with van der Waals surface area (Å²) in [5.41, 5.74) is 0.